The second-order valence-electron chi connectivity index (χ2n) is 8.87. The van der Waals surface area contributed by atoms with Gasteiger partial charge in [0.25, 0.3) is 0 Å². The zero-order chi connectivity index (χ0) is 22.8. The Hall–Kier alpha value is -2.75. The SMILES string of the molecule is CCCCCCc1ccc(-c2cnc(-c3ccc(OCC(F)CC(C)C)cc3)nc2)cc1. The molecule has 4 heteroatoms. The van der Waals surface area contributed by atoms with Crippen molar-refractivity contribution in [2.24, 2.45) is 5.92 Å². The van der Waals surface area contributed by atoms with E-state index < -0.39 is 6.17 Å². The van der Waals surface area contributed by atoms with Gasteiger partial charge in [0.1, 0.15) is 18.5 Å². The first-order valence-electron chi connectivity index (χ1n) is 11.8. The molecule has 0 aliphatic heterocycles. The first kappa shape index (κ1) is 23.9. The average molecular weight is 435 g/mol. The van der Waals surface area contributed by atoms with Crippen LogP contribution in [0, 0.1) is 5.92 Å². The zero-order valence-electron chi connectivity index (χ0n) is 19.6. The summed E-state index contributed by atoms with van der Waals surface area (Å²) < 4.78 is 19.4. The minimum Gasteiger partial charge on any atom is -0.491 e. The van der Waals surface area contributed by atoms with Gasteiger partial charge in [-0.25, -0.2) is 14.4 Å². The third kappa shape index (κ3) is 7.44. The van der Waals surface area contributed by atoms with Gasteiger partial charge in [0.05, 0.1) is 0 Å². The Balaban J connectivity index is 1.56. The van der Waals surface area contributed by atoms with Gasteiger partial charge in [0.15, 0.2) is 5.82 Å². The van der Waals surface area contributed by atoms with Crippen molar-refractivity contribution in [3.05, 3.63) is 66.5 Å². The summed E-state index contributed by atoms with van der Waals surface area (Å²) in [4.78, 5) is 9.08. The maximum atomic E-state index is 13.8. The maximum Gasteiger partial charge on any atom is 0.159 e. The fourth-order valence-electron chi connectivity index (χ4n) is 3.71. The van der Waals surface area contributed by atoms with Crippen molar-refractivity contribution in [1.29, 1.82) is 0 Å². The number of halogens is 1. The van der Waals surface area contributed by atoms with Crippen LogP contribution in [0.25, 0.3) is 22.5 Å². The van der Waals surface area contributed by atoms with E-state index in [0.717, 1.165) is 23.1 Å². The van der Waals surface area contributed by atoms with Gasteiger partial charge in [0, 0.05) is 23.5 Å². The van der Waals surface area contributed by atoms with Gasteiger partial charge in [-0.3, -0.25) is 0 Å². The lowest BCUT2D eigenvalue weighted by Gasteiger charge is -2.12. The van der Waals surface area contributed by atoms with Crippen LogP contribution in [-0.4, -0.2) is 22.7 Å². The summed E-state index contributed by atoms with van der Waals surface area (Å²) in [6, 6.07) is 16.2. The summed E-state index contributed by atoms with van der Waals surface area (Å²) in [6.45, 7) is 6.35. The number of nitrogens with zero attached hydrogens (tertiary/aromatic N) is 2. The first-order valence-corrected chi connectivity index (χ1v) is 11.8. The molecule has 0 bridgehead atoms. The number of hydrogen-bond donors (Lipinski definition) is 0. The molecule has 0 radical (unpaired) electrons. The molecule has 1 heterocycles. The number of hydrogen-bond acceptors (Lipinski definition) is 3. The number of aryl methyl sites for hydroxylation is 1. The molecule has 170 valence electrons. The molecule has 1 atom stereocenters. The van der Waals surface area contributed by atoms with E-state index in [1.165, 1.54) is 31.2 Å². The van der Waals surface area contributed by atoms with Gasteiger partial charge >= 0.3 is 0 Å². The van der Waals surface area contributed by atoms with Gasteiger partial charge < -0.3 is 4.74 Å². The van der Waals surface area contributed by atoms with Crippen molar-refractivity contribution in [2.75, 3.05) is 6.61 Å². The Morgan fingerprint density at radius 1 is 0.812 bits per heavy atom. The molecule has 1 aromatic heterocycles. The Morgan fingerprint density at radius 2 is 1.47 bits per heavy atom. The van der Waals surface area contributed by atoms with Crippen molar-refractivity contribution in [3.8, 4) is 28.3 Å². The van der Waals surface area contributed by atoms with Crippen LogP contribution in [-0.2, 0) is 6.42 Å². The average Bonchev–Trinajstić information content (AvgIpc) is 2.81. The zero-order valence-corrected chi connectivity index (χ0v) is 19.6. The molecular weight excluding hydrogens is 399 g/mol. The molecule has 3 rings (SSSR count). The Bertz CT molecular complexity index is 921. The third-order valence-electron chi connectivity index (χ3n) is 5.53. The number of benzene rings is 2. The molecule has 0 aliphatic carbocycles. The van der Waals surface area contributed by atoms with E-state index in [1.807, 2.05) is 50.5 Å². The summed E-state index contributed by atoms with van der Waals surface area (Å²) in [5.41, 5.74) is 4.42. The summed E-state index contributed by atoms with van der Waals surface area (Å²) in [6.07, 6.45) is 9.57. The molecular formula is C28H35FN2O. The fraction of sp³-hybridized carbons (Fsp3) is 0.429. The van der Waals surface area contributed by atoms with Gasteiger partial charge in [0.2, 0.25) is 0 Å². The van der Waals surface area contributed by atoms with Crippen LogP contribution in [0.1, 0.15) is 58.4 Å². The first-order chi connectivity index (χ1) is 15.5. The molecule has 0 N–H and O–H groups in total. The third-order valence-corrected chi connectivity index (χ3v) is 5.53. The number of aromatic nitrogens is 2. The molecule has 0 amide bonds. The van der Waals surface area contributed by atoms with E-state index in [-0.39, 0.29) is 6.61 Å². The summed E-state index contributed by atoms with van der Waals surface area (Å²) in [5, 5.41) is 0. The number of ether oxygens (including phenoxy) is 1. The lowest BCUT2D eigenvalue weighted by atomic mass is 10.0. The van der Waals surface area contributed by atoms with Crippen LogP contribution < -0.4 is 4.74 Å². The van der Waals surface area contributed by atoms with Gasteiger partial charge in [-0.05, 0) is 60.6 Å². The minimum atomic E-state index is -0.944. The quantitative estimate of drug-likeness (QED) is 0.274. The highest BCUT2D eigenvalue weighted by Gasteiger charge is 2.10. The van der Waals surface area contributed by atoms with Crippen LogP contribution in [0.4, 0.5) is 4.39 Å². The van der Waals surface area contributed by atoms with E-state index in [0.29, 0.717) is 23.9 Å². The van der Waals surface area contributed by atoms with Crippen molar-refractivity contribution in [1.82, 2.24) is 9.97 Å². The predicted molar refractivity (Wildman–Crippen MR) is 131 cm³/mol. The molecule has 32 heavy (non-hydrogen) atoms. The second kappa shape index (κ2) is 12.3. The van der Waals surface area contributed by atoms with Gasteiger partial charge in [-0.1, -0.05) is 64.3 Å². The summed E-state index contributed by atoms with van der Waals surface area (Å²) in [7, 11) is 0. The minimum absolute atomic E-state index is 0.0836. The van der Waals surface area contributed by atoms with E-state index >= 15 is 0 Å². The van der Waals surface area contributed by atoms with E-state index in [1.54, 1.807) is 0 Å². The summed E-state index contributed by atoms with van der Waals surface area (Å²) in [5.74, 6) is 1.65. The standard InChI is InChI=1S/C28H35FN2O/c1-4-5-6-7-8-22-9-11-23(12-10-22)25-18-30-28(31-19-25)24-13-15-27(16-14-24)32-20-26(29)17-21(2)3/h9-16,18-19,21,26H,4-8,17,20H2,1-3H3. The fourth-order valence-corrected chi connectivity index (χ4v) is 3.71. The van der Waals surface area contributed by atoms with Crippen LogP contribution in [0.5, 0.6) is 5.75 Å². The number of unbranched alkanes of at least 4 members (excludes halogenated alkanes) is 3. The number of alkyl halides is 1. The van der Waals surface area contributed by atoms with Crippen molar-refractivity contribution in [2.45, 2.75) is 65.5 Å². The Labute approximate surface area is 192 Å². The topological polar surface area (TPSA) is 35.0 Å². The van der Waals surface area contributed by atoms with Gasteiger partial charge in [-0.2, -0.15) is 0 Å². The Kier molecular flexibility index (Phi) is 9.21. The largest absolute Gasteiger partial charge is 0.491 e. The van der Waals surface area contributed by atoms with Crippen LogP contribution in [0.15, 0.2) is 60.9 Å². The normalized spacial score (nSPS) is 12.2. The Morgan fingerprint density at radius 3 is 2.09 bits per heavy atom. The molecule has 0 fully saturated rings. The number of rotatable bonds is 12. The molecule has 0 saturated heterocycles. The van der Waals surface area contributed by atoms with E-state index in [9.17, 15) is 4.39 Å². The molecule has 0 spiro atoms. The van der Waals surface area contributed by atoms with E-state index in [4.69, 9.17) is 4.74 Å². The summed E-state index contributed by atoms with van der Waals surface area (Å²) >= 11 is 0. The highest BCUT2D eigenvalue weighted by molar-refractivity contribution is 5.64. The molecule has 3 nitrogen and oxygen atoms in total. The van der Waals surface area contributed by atoms with Crippen molar-refractivity contribution >= 4 is 0 Å². The van der Waals surface area contributed by atoms with Crippen LogP contribution in [0.3, 0.4) is 0 Å². The molecule has 0 saturated carbocycles. The molecule has 0 aliphatic rings. The highest BCUT2D eigenvalue weighted by atomic mass is 19.1. The van der Waals surface area contributed by atoms with Crippen molar-refractivity contribution < 1.29 is 9.13 Å². The van der Waals surface area contributed by atoms with Crippen molar-refractivity contribution in [3.63, 3.8) is 0 Å². The molecule has 2 aromatic carbocycles. The smallest absolute Gasteiger partial charge is 0.159 e. The predicted octanol–water partition coefficient (Wildman–Crippen LogP) is 7.70. The van der Waals surface area contributed by atoms with Crippen LogP contribution in [0.2, 0.25) is 0 Å². The highest BCUT2D eigenvalue weighted by Crippen LogP contribution is 2.23. The van der Waals surface area contributed by atoms with E-state index in [2.05, 4.69) is 41.2 Å². The second-order valence-corrected chi connectivity index (χ2v) is 8.87. The lowest BCUT2D eigenvalue weighted by molar-refractivity contribution is 0.174. The lowest BCUT2D eigenvalue weighted by Crippen LogP contribution is -2.15. The van der Waals surface area contributed by atoms with Crippen LogP contribution >= 0.6 is 0 Å². The monoisotopic (exact) mass is 434 g/mol. The van der Waals surface area contributed by atoms with Gasteiger partial charge in [-0.15, -0.1) is 0 Å². The molecule has 3 aromatic rings. The molecule has 1 unspecified atom stereocenters. The maximum absolute atomic E-state index is 13.8.